The van der Waals surface area contributed by atoms with E-state index in [1.54, 1.807) is 12.4 Å². The van der Waals surface area contributed by atoms with Gasteiger partial charge in [0.25, 0.3) is 0 Å². The van der Waals surface area contributed by atoms with Gasteiger partial charge in [-0.2, -0.15) is 0 Å². The predicted octanol–water partition coefficient (Wildman–Crippen LogP) is 5.95. The van der Waals surface area contributed by atoms with Crippen molar-refractivity contribution in [3.05, 3.63) is 59.7 Å². The molecule has 3 rings (SSSR count). The summed E-state index contributed by atoms with van der Waals surface area (Å²) in [6.45, 7) is 2.22. The fourth-order valence-electron chi connectivity index (χ4n) is 3.43. The minimum absolute atomic E-state index is 0.405. The summed E-state index contributed by atoms with van der Waals surface area (Å²) in [5.41, 5.74) is 3.33. The number of rotatable bonds is 10. The second-order valence-electron chi connectivity index (χ2n) is 7.57. The Bertz CT molecular complexity index is 1000. The first-order chi connectivity index (χ1) is 15.6. The van der Waals surface area contributed by atoms with Gasteiger partial charge in [0, 0.05) is 23.3 Å². The summed E-state index contributed by atoms with van der Waals surface area (Å²) < 4.78 is 4.68. The number of methoxy groups -OCH3 is 1. The maximum atomic E-state index is 12.8. The monoisotopic (exact) mass is 451 g/mol. The van der Waals surface area contributed by atoms with Crippen molar-refractivity contribution < 1.29 is 14.3 Å². The first kappa shape index (κ1) is 23.6. The van der Waals surface area contributed by atoms with Gasteiger partial charge in [-0.05, 0) is 42.7 Å². The van der Waals surface area contributed by atoms with Gasteiger partial charge in [-0.3, -0.25) is 9.78 Å². The molecule has 1 amide bonds. The molecule has 0 aliphatic carbocycles. The van der Waals surface area contributed by atoms with E-state index in [1.807, 2.05) is 41.8 Å². The zero-order chi connectivity index (χ0) is 22.8. The lowest BCUT2D eigenvalue weighted by Crippen LogP contribution is -2.33. The quantitative estimate of drug-likeness (QED) is 0.216. The number of benzene rings is 1. The summed E-state index contributed by atoms with van der Waals surface area (Å²) >= 11 is 1.29. The van der Waals surface area contributed by atoms with E-state index in [0.717, 1.165) is 18.4 Å². The molecule has 0 atom stereocenters. The first-order valence-electron chi connectivity index (χ1n) is 11.0. The van der Waals surface area contributed by atoms with Gasteiger partial charge in [-0.1, -0.05) is 51.2 Å². The molecule has 0 N–H and O–H groups in total. The number of carbonyl (C=O) groups excluding carboxylic acids is 2. The lowest BCUT2D eigenvalue weighted by atomic mass is 10.0. The van der Waals surface area contributed by atoms with Crippen molar-refractivity contribution in [2.75, 3.05) is 12.0 Å². The fraction of sp³-hybridized carbons (Fsp3) is 0.360. The van der Waals surface area contributed by atoms with Crippen LogP contribution in [0.1, 0.15) is 51.0 Å². The van der Waals surface area contributed by atoms with Crippen LogP contribution >= 0.6 is 11.3 Å². The van der Waals surface area contributed by atoms with E-state index in [4.69, 9.17) is 0 Å². The van der Waals surface area contributed by atoms with Gasteiger partial charge in [0.2, 0.25) is 0 Å². The zero-order valence-corrected chi connectivity index (χ0v) is 19.4. The molecule has 0 saturated carbocycles. The molecular formula is C25H29N3O3S. The standard InChI is InChI=1S/C25H29N3O3S/c1-3-4-5-6-7-8-10-19-12-14-21(15-13-19)28(23(29)24(30)31-2)25-27-22(18-32-25)20-11-9-16-26-17-20/h9,11-18H,3-8,10H2,1-2H3. The number of thiazole rings is 1. The highest BCUT2D eigenvalue weighted by Gasteiger charge is 2.28. The Morgan fingerprint density at radius 3 is 2.47 bits per heavy atom. The van der Waals surface area contributed by atoms with Crippen molar-refractivity contribution in [1.29, 1.82) is 0 Å². The lowest BCUT2D eigenvalue weighted by Gasteiger charge is -2.19. The van der Waals surface area contributed by atoms with E-state index in [1.165, 1.54) is 61.0 Å². The highest BCUT2D eigenvalue weighted by Crippen LogP contribution is 2.32. The van der Waals surface area contributed by atoms with Crippen LogP contribution in [0.3, 0.4) is 0 Å². The molecule has 2 aromatic heterocycles. The lowest BCUT2D eigenvalue weighted by molar-refractivity contribution is -0.151. The second-order valence-corrected chi connectivity index (χ2v) is 8.41. The molecule has 3 aromatic rings. The number of nitrogens with zero attached hydrogens (tertiary/aromatic N) is 3. The number of aromatic nitrogens is 2. The van der Waals surface area contributed by atoms with E-state index in [9.17, 15) is 9.59 Å². The van der Waals surface area contributed by atoms with E-state index >= 15 is 0 Å². The molecule has 1 aromatic carbocycles. The van der Waals surface area contributed by atoms with Gasteiger partial charge < -0.3 is 4.74 Å². The molecule has 0 aliphatic rings. The van der Waals surface area contributed by atoms with Crippen molar-refractivity contribution in [3.8, 4) is 11.3 Å². The number of esters is 1. The van der Waals surface area contributed by atoms with Crippen LogP contribution in [0.25, 0.3) is 11.3 Å². The summed E-state index contributed by atoms with van der Waals surface area (Å²) in [5.74, 6) is -1.71. The van der Waals surface area contributed by atoms with Crippen LogP contribution in [0.15, 0.2) is 54.2 Å². The molecule has 0 unspecified atom stereocenters. The second kappa shape index (κ2) is 12.1. The van der Waals surface area contributed by atoms with Crippen molar-refractivity contribution in [2.24, 2.45) is 0 Å². The van der Waals surface area contributed by atoms with Crippen LogP contribution in [0.4, 0.5) is 10.8 Å². The van der Waals surface area contributed by atoms with Crippen LogP contribution in [0.2, 0.25) is 0 Å². The molecule has 0 bridgehead atoms. The Kier molecular flexibility index (Phi) is 8.92. The van der Waals surface area contributed by atoms with E-state index in [0.29, 0.717) is 16.5 Å². The van der Waals surface area contributed by atoms with E-state index in [2.05, 4.69) is 21.6 Å². The van der Waals surface area contributed by atoms with Crippen LogP contribution in [-0.2, 0) is 20.7 Å². The molecule has 0 aliphatic heterocycles. The van der Waals surface area contributed by atoms with Crippen LogP contribution in [0, 0.1) is 0 Å². The zero-order valence-electron chi connectivity index (χ0n) is 18.6. The molecule has 0 radical (unpaired) electrons. The molecule has 168 valence electrons. The Labute approximate surface area is 193 Å². The average Bonchev–Trinajstić information content (AvgIpc) is 3.32. The molecule has 32 heavy (non-hydrogen) atoms. The number of pyridine rings is 1. The minimum Gasteiger partial charge on any atom is -0.462 e. The fourth-order valence-corrected chi connectivity index (χ4v) is 4.28. The number of carbonyl (C=O) groups is 2. The summed E-state index contributed by atoms with van der Waals surface area (Å²) in [4.78, 5) is 34.9. The van der Waals surface area contributed by atoms with E-state index in [-0.39, 0.29) is 0 Å². The number of aryl methyl sites for hydroxylation is 1. The number of hydrogen-bond acceptors (Lipinski definition) is 6. The smallest absolute Gasteiger partial charge is 0.397 e. The number of unbranched alkanes of at least 4 members (excludes halogenated alkanes) is 5. The molecular weight excluding hydrogens is 422 g/mol. The Morgan fingerprint density at radius 1 is 1.03 bits per heavy atom. The Morgan fingerprint density at radius 2 is 1.78 bits per heavy atom. The van der Waals surface area contributed by atoms with Crippen LogP contribution < -0.4 is 4.90 Å². The number of ether oxygens (including phenoxy) is 1. The maximum Gasteiger partial charge on any atom is 0.397 e. The van der Waals surface area contributed by atoms with E-state index < -0.39 is 11.9 Å². The minimum atomic E-state index is -0.931. The number of anilines is 2. The highest BCUT2D eigenvalue weighted by atomic mass is 32.1. The van der Waals surface area contributed by atoms with Crippen molar-refractivity contribution >= 4 is 34.0 Å². The summed E-state index contributed by atoms with van der Waals surface area (Å²) in [7, 11) is 1.20. The van der Waals surface area contributed by atoms with Crippen molar-refractivity contribution in [2.45, 2.75) is 51.9 Å². The maximum absolute atomic E-state index is 12.8. The van der Waals surface area contributed by atoms with Crippen molar-refractivity contribution in [3.63, 3.8) is 0 Å². The molecule has 0 saturated heterocycles. The van der Waals surface area contributed by atoms with Gasteiger partial charge in [0.15, 0.2) is 5.13 Å². The third-order valence-electron chi connectivity index (χ3n) is 5.22. The van der Waals surface area contributed by atoms with Gasteiger partial charge in [0.05, 0.1) is 18.5 Å². The molecule has 7 heteroatoms. The highest BCUT2D eigenvalue weighted by molar-refractivity contribution is 7.14. The molecule has 0 spiro atoms. The normalized spacial score (nSPS) is 10.7. The van der Waals surface area contributed by atoms with Gasteiger partial charge >= 0.3 is 11.9 Å². The number of hydrogen-bond donors (Lipinski definition) is 0. The SMILES string of the molecule is CCCCCCCCc1ccc(N(C(=O)C(=O)OC)c2nc(-c3cccnc3)cs2)cc1. The Hall–Kier alpha value is -3.06. The van der Waals surface area contributed by atoms with Crippen LogP contribution in [0.5, 0.6) is 0 Å². The van der Waals surface area contributed by atoms with Crippen LogP contribution in [-0.4, -0.2) is 29.0 Å². The molecule has 0 fully saturated rings. The third-order valence-corrected chi connectivity index (χ3v) is 6.04. The van der Waals surface area contributed by atoms with Gasteiger partial charge in [-0.15, -0.1) is 11.3 Å². The first-order valence-corrected chi connectivity index (χ1v) is 11.9. The van der Waals surface area contributed by atoms with Crippen molar-refractivity contribution in [1.82, 2.24) is 9.97 Å². The average molecular weight is 452 g/mol. The largest absolute Gasteiger partial charge is 0.462 e. The predicted molar refractivity (Wildman–Crippen MR) is 128 cm³/mol. The third kappa shape index (κ3) is 6.23. The molecule has 6 nitrogen and oxygen atoms in total. The van der Waals surface area contributed by atoms with Gasteiger partial charge in [-0.25, -0.2) is 14.7 Å². The Balaban J connectivity index is 1.76. The summed E-state index contributed by atoms with van der Waals surface area (Å²) in [6.07, 6.45) is 11.9. The summed E-state index contributed by atoms with van der Waals surface area (Å²) in [5, 5.41) is 2.25. The topological polar surface area (TPSA) is 72.4 Å². The summed E-state index contributed by atoms with van der Waals surface area (Å²) in [6, 6.07) is 11.5. The van der Waals surface area contributed by atoms with Gasteiger partial charge in [0.1, 0.15) is 0 Å². The molecule has 2 heterocycles. The number of amides is 1.